The van der Waals surface area contributed by atoms with E-state index in [1.807, 2.05) is 24.3 Å². The van der Waals surface area contributed by atoms with Gasteiger partial charge < -0.3 is 10.6 Å². The minimum Gasteiger partial charge on any atom is -0.366 e. The Morgan fingerprint density at radius 1 is 1.29 bits per heavy atom. The fraction of sp³-hybridized carbons (Fsp3) is 0.350. The van der Waals surface area contributed by atoms with Crippen molar-refractivity contribution in [2.45, 2.75) is 27.2 Å². The molecular formula is C20H24N2OS. The van der Waals surface area contributed by atoms with Gasteiger partial charge in [0.2, 0.25) is 5.91 Å². The highest BCUT2D eigenvalue weighted by molar-refractivity contribution is 7.19. The summed E-state index contributed by atoms with van der Waals surface area (Å²) in [6.07, 6.45) is 2.85. The summed E-state index contributed by atoms with van der Waals surface area (Å²) in [6.45, 7) is 8.03. The highest BCUT2D eigenvalue weighted by Gasteiger charge is 2.28. The number of rotatable bonds is 4. The van der Waals surface area contributed by atoms with Crippen molar-refractivity contribution in [3.05, 3.63) is 53.1 Å². The van der Waals surface area contributed by atoms with Gasteiger partial charge in [-0.25, -0.2) is 0 Å². The second kappa shape index (κ2) is 6.81. The van der Waals surface area contributed by atoms with Gasteiger partial charge in [-0.2, -0.15) is 0 Å². The largest absolute Gasteiger partial charge is 0.366 e. The molecule has 1 unspecified atom stereocenters. The van der Waals surface area contributed by atoms with Crippen LogP contribution in [0, 0.1) is 19.8 Å². The Kier molecular flexibility index (Phi) is 4.76. The monoisotopic (exact) mass is 340 g/mol. The highest BCUT2D eigenvalue weighted by Crippen LogP contribution is 2.38. The van der Waals surface area contributed by atoms with Crippen LogP contribution in [0.2, 0.25) is 0 Å². The van der Waals surface area contributed by atoms with E-state index in [-0.39, 0.29) is 11.8 Å². The molecule has 126 valence electrons. The lowest BCUT2D eigenvalue weighted by atomic mass is 9.97. The molecule has 4 heteroatoms. The van der Waals surface area contributed by atoms with Crippen molar-refractivity contribution in [2.75, 3.05) is 18.0 Å². The van der Waals surface area contributed by atoms with Crippen LogP contribution >= 0.6 is 11.3 Å². The molecule has 1 aliphatic rings. The lowest BCUT2D eigenvalue weighted by Gasteiger charge is -2.17. The molecule has 1 fully saturated rings. The van der Waals surface area contributed by atoms with Gasteiger partial charge in [0.15, 0.2) is 0 Å². The van der Waals surface area contributed by atoms with Gasteiger partial charge in [-0.05, 0) is 50.5 Å². The molecule has 1 saturated heterocycles. The summed E-state index contributed by atoms with van der Waals surface area (Å²) in [5.41, 5.74) is 10.2. The van der Waals surface area contributed by atoms with E-state index in [0.717, 1.165) is 25.1 Å². The lowest BCUT2D eigenvalue weighted by Crippen LogP contribution is -2.24. The first-order valence-corrected chi connectivity index (χ1v) is 9.19. The van der Waals surface area contributed by atoms with Crippen LogP contribution in [-0.4, -0.2) is 19.0 Å². The van der Waals surface area contributed by atoms with E-state index < -0.39 is 0 Å². The van der Waals surface area contributed by atoms with E-state index in [0.29, 0.717) is 0 Å². The standard InChI is InChI=1S/C20H24N2OS/c1-4-16(20(21)23)15-9-10-22(12-15)19-8-7-18(24-19)17-6-5-13(2)11-14(17)3/h4-8,11,15H,9-10,12H2,1-3H3,(H2,21,23)/b16-4-. The first-order valence-electron chi connectivity index (χ1n) is 8.38. The Bertz CT molecular complexity index is 791. The number of amides is 1. The number of nitrogens with zero attached hydrogens (tertiary/aromatic N) is 1. The van der Waals surface area contributed by atoms with Crippen LogP contribution in [0.5, 0.6) is 0 Å². The number of carbonyl (C=O) groups excluding carboxylic acids is 1. The Morgan fingerprint density at radius 2 is 2.08 bits per heavy atom. The molecule has 2 heterocycles. The van der Waals surface area contributed by atoms with Crippen molar-refractivity contribution in [3.8, 4) is 10.4 Å². The van der Waals surface area contributed by atoms with Crippen LogP contribution in [0.1, 0.15) is 24.5 Å². The molecule has 24 heavy (non-hydrogen) atoms. The van der Waals surface area contributed by atoms with Gasteiger partial charge in [0.25, 0.3) is 0 Å². The maximum Gasteiger partial charge on any atom is 0.244 e. The van der Waals surface area contributed by atoms with Crippen molar-refractivity contribution in [1.82, 2.24) is 0 Å². The number of carbonyl (C=O) groups is 1. The number of nitrogens with two attached hydrogens (primary N) is 1. The van der Waals surface area contributed by atoms with E-state index in [1.54, 1.807) is 0 Å². The predicted molar refractivity (Wildman–Crippen MR) is 103 cm³/mol. The van der Waals surface area contributed by atoms with E-state index in [9.17, 15) is 4.79 Å². The molecule has 0 saturated carbocycles. The molecule has 3 rings (SSSR count). The maximum atomic E-state index is 11.6. The summed E-state index contributed by atoms with van der Waals surface area (Å²) in [4.78, 5) is 15.2. The van der Waals surface area contributed by atoms with Crippen molar-refractivity contribution in [1.29, 1.82) is 0 Å². The van der Waals surface area contributed by atoms with Gasteiger partial charge in [-0.3, -0.25) is 4.79 Å². The zero-order valence-electron chi connectivity index (χ0n) is 14.5. The minimum atomic E-state index is -0.286. The van der Waals surface area contributed by atoms with Crippen LogP contribution in [0.15, 0.2) is 42.0 Å². The lowest BCUT2D eigenvalue weighted by molar-refractivity contribution is -0.115. The van der Waals surface area contributed by atoms with Gasteiger partial charge >= 0.3 is 0 Å². The number of allylic oxidation sites excluding steroid dienone is 1. The molecule has 1 atom stereocenters. The first kappa shape index (κ1) is 16.8. The third-order valence-corrected chi connectivity index (χ3v) is 5.95. The van der Waals surface area contributed by atoms with Gasteiger partial charge in [-0.15, -0.1) is 11.3 Å². The second-order valence-electron chi connectivity index (χ2n) is 6.50. The van der Waals surface area contributed by atoms with Crippen molar-refractivity contribution in [3.63, 3.8) is 0 Å². The molecular weight excluding hydrogens is 316 g/mol. The van der Waals surface area contributed by atoms with E-state index in [4.69, 9.17) is 5.73 Å². The third-order valence-electron chi connectivity index (χ3n) is 4.77. The van der Waals surface area contributed by atoms with E-state index in [2.05, 4.69) is 49.1 Å². The molecule has 3 nitrogen and oxygen atoms in total. The highest BCUT2D eigenvalue weighted by atomic mass is 32.1. The molecule has 0 spiro atoms. The van der Waals surface area contributed by atoms with Gasteiger partial charge in [0.1, 0.15) is 0 Å². The number of benzene rings is 1. The van der Waals surface area contributed by atoms with Crippen LogP contribution in [-0.2, 0) is 4.79 Å². The minimum absolute atomic E-state index is 0.249. The van der Waals surface area contributed by atoms with E-state index >= 15 is 0 Å². The van der Waals surface area contributed by atoms with E-state index in [1.165, 1.54) is 26.6 Å². The summed E-state index contributed by atoms with van der Waals surface area (Å²) in [5, 5.41) is 1.27. The number of thiophene rings is 1. The van der Waals surface area contributed by atoms with Gasteiger partial charge in [0.05, 0.1) is 5.00 Å². The number of anilines is 1. The SMILES string of the molecule is C/C=C(\C(N)=O)C1CCN(c2ccc(-c3ccc(C)cc3C)s2)C1. The molecule has 1 amide bonds. The molecule has 2 N–H and O–H groups in total. The average molecular weight is 340 g/mol. The average Bonchev–Trinajstić information content (AvgIpc) is 3.16. The second-order valence-corrected chi connectivity index (χ2v) is 7.56. The molecule has 0 radical (unpaired) electrons. The van der Waals surface area contributed by atoms with Crippen molar-refractivity contribution >= 4 is 22.2 Å². The summed E-state index contributed by atoms with van der Waals surface area (Å²) in [5.74, 6) is -0.0364. The summed E-state index contributed by atoms with van der Waals surface area (Å²) >= 11 is 1.82. The number of aryl methyl sites for hydroxylation is 2. The summed E-state index contributed by atoms with van der Waals surface area (Å²) < 4.78 is 0. The Balaban J connectivity index is 1.78. The molecule has 0 aliphatic carbocycles. The number of primary amides is 1. The first-order chi connectivity index (χ1) is 11.5. The Morgan fingerprint density at radius 3 is 2.75 bits per heavy atom. The van der Waals surface area contributed by atoms with Crippen molar-refractivity contribution < 1.29 is 4.79 Å². The fourth-order valence-corrected chi connectivity index (χ4v) is 4.66. The zero-order chi connectivity index (χ0) is 17.3. The molecule has 1 aromatic carbocycles. The van der Waals surface area contributed by atoms with Crippen LogP contribution in [0.3, 0.4) is 0 Å². The van der Waals surface area contributed by atoms with Crippen molar-refractivity contribution in [2.24, 2.45) is 11.7 Å². The summed E-state index contributed by atoms with van der Waals surface area (Å²) in [6, 6.07) is 11.0. The quantitative estimate of drug-likeness (QED) is 0.844. The fourth-order valence-electron chi connectivity index (χ4n) is 3.53. The molecule has 2 aromatic rings. The Labute approximate surface area is 147 Å². The van der Waals surface area contributed by atoms with Crippen LogP contribution in [0.25, 0.3) is 10.4 Å². The molecule has 0 bridgehead atoms. The third kappa shape index (κ3) is 3.24. The zero-order valence-corrected chi connectivity index (χ0v) is 15.3. The summed E-state index contributed by atoms with van der Waals surface area (Å²) in [7, 11) is 0. The number of hydrogen-bond acceptors (Lipinski definition) is 3. The van der Waals surface area contributed by atoms with Gasteiger partial charge in [0, 0.05) is 29.5 Å². The predicted octanol–water partition coefficient (Wildman–Crippen LogP) is 4.29. The van der Waals surface area contributed by atoms with Crippen LogP contribution < -0.4 is 10.6 Å². The maximum absolute atomic E-state index is 11.6. The smallest absolute Gasteiger partial charge is 0.244 e. The number of hydrogen-bond donors (Lipinski definition) is 1. The normalized spacial score (nSPS) is 18.2. The van der Waals surface area contributed by atoms with Gasteiger partial charge in [-0.1, -0.05) is 29.8 Å². The van der Waals surface area contributed by atoms with Crippen LogP contribution in [0.4, 0.5) is 5.00 Å². The Hall–Kier alpha value is -2.07. The topological polar surface area (TPSA) is 46.3 Å². The molecule has 1 aliphatic heterocycles. The molecule has 1 aromatic heterocycles.